The van der Waals surface area contributed by atoms with Crippen molar-refractivity contribution in [3.05, 3.63) is 46.4 Å². The van der Waals surface area contributed by atoms with E-state index in [4.69, 9.17) is 10.5 Å². The number of aromatic nitrogens is 4. The molecular formula is C21H24F3N5O2. The number of rotatable bonds is 4. The van der Waals surface area contributed by atoms with Crippen LogP contribution >= 0.6 is 0 Å². The van der Waals surface area contributed by atoms with E-state index in [0.717, 1.165) is 14.6 Å². The first kappa shape index (κ1) is 21.4. The molecule has 1 aliphatic rings. The summed E-state index contributed by atoms with van der Waals surface area (Å²) in [5, 5.41) is 4.29. The first-order valence-electron chi connectivity index (χ1n) is 10.2. The number of aryl methyl sites for hydroxylation is 1. The van der Waals surface area contributed by atoms with Crippen molar-refractivity contribution >= 4 is 11.6 Å². The molecule has 4 rings (SSSR count). The van der Waals surface area contributed by atoms with Gasteiger partial charge < -0.3 is 10.5 Å². The Bertz CT molecular complexity index is 1130. The molecule has 0 radical (unpaired) electrons. The van der Waals surface area contributed by atoms with Gasteiger partial charge in [0.05, 0.1) is 30.9 Å². The number of hydrogen-bond donors (Lipinski definition) is 1. The van der Waals surface area contributed by atoms with Gasteiger partial charge in [0.1, 0.15) is 0 Å². The highest BCUT2D eigenvalue weighted by atomic mass is 19.4. The molecule has 2 aromatic heterocycles. The van der Waals surface area contributed by atoms with Crippen LogP contribution < -0.4 is 11.4 Å². The van der Waals surface area contributed by atoms with Gasteiger partial charge in [-0.2, -0.15) is 13.2 Å². The minimum absolute atomic E-state index is 0.0194. The predicted molar refractivity (Wildman–Crippen MR) is 110 cm³/mol. The number of nitrogens with two attached hydrogens (primary N) is 1. The van der Waals surface area contributed by atoms with E-state index in [0.29, 0.717) is 24.1 Å². The summed E-state index contributed by atoms with van der Waals surface area (Å²) in [5.41, 5.74) is 7.73. The van der Waals surface area contributed by atoms with Crippen molar-refractivity contribution in [1.82, 2.24) is 19.2 Å². The molecule has 0 spiro atoms. The minimum Gasteiger partial charge on any atom is -0.376 e. The average molecular weight is 435 g/mol. The summed E-state index contributed by atoms with van der Waals surface area (Å²) >= 11 is 0. The third kappa shape index (κ3) is 4.30. The van der Waals surface area contributed by atoms with E-state index in [-0.39, 0.29) is 29.7 Å². The number of alkyl halides is 3. The fourth-order valence-corrected chi connectivity index (χ4v) is 4.33. The SMILES string of the molecule is CC1CC(c2c(-c3ccccc3)nc(N)n3c(=O)n(CCC(F)(F)F)nc23)CC(C)O1. The first-order valence-corrected chi connectivity index (χ1v) is 10.2. The molecule has 3 heterocycles. The lowest BCUT2D eigenvalue weighted by Gasteiger charge is -2.33. The molecule has 0 aliphatic carbocycles. The fourth-order valence-electron chi connectivity index (χ4n) is 4.33. The summed E-state index contributed by atoms with van der Waals surface area (Å²) in [6.45, 7) is 3.37. The number of anilines is 1. The molecular weight excluding hydrogens is 411 g/mol. The molecule has 1 aromatic carbocycles. The monoisotopic (exact) mass is 435 g/mol. The Hall–Kier alpha value is -2.88. The van der Waals surface area contributed by atoms with Crippen LogP contribution in [0.3, 0.4) is 0 Å². The molecule has 31 heavy (non-hydrogen) atoms. The Morgan fingerprint density at radius 2 is 1.81 bits per heavy atom. The van der Waals surface area contributed by atoms with E-state index in [2.05, 4.69) is 10.1 Å². The second-order valence-electron chi connectivity index (χ2n) is 8.05. The highest BCUT2D eigenvalue weighted by Crippen LogP contribution is 2.39. The lowest BCUT2D eigenvalue weighted by Crippen LogP contribution is -2.29. The van der Waals surface area contributed by atoms with Gasteiger partial charge >= 0.3 is 11.9 Å². The quantitative estimate of drug-likeness (QED) is 0.674. The lowest BCUT2D eigenvalue weighted by molar-refractivity contribution is -0.137. The highest BCUT2D eigenvalue weighted by Gasteiger charge is 2.33. The summed E-state index contributed by atoms with van der Waals surface area (Å²) in [4.78, 5) is 17.3. The second kappa shape index (κ2) is 7.99. The van der Waals surface area contributed by atoms with Crippen molar-refractivity contribution in [2.45, 2.75) is 64.0 Å². The number of nitrogens with zero attached hydrogens (tertiary/aromatic N) is 4. The third-order valence-electron chi connectivity index (χ3n) is 5.55. The van der Waals surface area contributed by atoms with Crippen molar-refractivity contribution < 1.29 is 17.9 Å². The maximum atomic E-state index is 12.8. The van der Waals surface area contributed by atoms with Crippen LogP contribution in [0.15, 0.2) is 35.1 Å². The van der Waals surface area contributed by atoms with Crippen molar-refractivity contribution in [3.8, 4) is 11.3 Å². The lowest BCUT2D eigenvalue weighted by atomic mass is 9.84. The zero-order chi connectivity index (χ0) is 22.3. The first-order chi connectivity index (χ1) is 14.6. The number of ether oxygens (including phenoxy) is 1. The van der Waals surface area contributed by atoms with E-state index in [1.165, 1.54) is 0 Å². The molecule has 166 valence electrons. The van der Waals surface area contributed by atoms with Gasteiger partial charge in [-0.15, -0.1) is 5.10 Å². The largest absolute Gasteiger partial charge is 0.390 e. The number of benzene rings is 1. The maximum Gasteiger partial charge on any atom is 0.390 e. The van der Waals surface area contributed by atoms with Crippen LogP contribution in [0, 0.1) is 0 Å². The van der Waals surface area contributed by atoms with Crippen LogP contribution in [0.4, 0.5) is 19.1 Å². The van der Waals surface area contributed by atoms with Crippen LogP contribution in [-0.2, 0) is 11.3 Å². The molecule has 2 unspecified atom stereocenters. The smallest absolute Gasteiger partial charge is 0.376 e. The Kier molecular flexibility index (Phi) is 5.50. The number of halogens is 3. The van der Waals surface area contributed by atoms with E-state index >= 15 is 0 Å². The Morgan fingerprint density at radius 1 is 1.16 bits per heavy atom. The minimum atomic E-state index is -4.40. The molecule has 0 amide bonds. The molecule has 3 aromatic rings. The third-order valence-corrected chi connectivity index (χ3v) is 5.55. The van der Waals surface area contributed by atoms with Crippen molar-refractivity contribution in [2.24, 2.45) is 0 Å². The van der Waals surface area contributed by atoms with Gasteiger partial charge in [0.25, 0.3) is 0 Å². The maximum absolute atomic E-state index is 12.8. The van der Waals surface area contributed by atoms with Crippen LogP contribution in [0.25, 0.3) is 16.9 Å². The van der Waals surface area contributed by atoms with E-state index in [9.17, 15) is 18.0 Å². The Labute approximate surface area is 176 Å². The molecule has 2 N–H and O–H groups in total. The van der Waals surface area contributed by atoms with Crippen LogP contribution in [0.1, 0.15) is 44.6 Å². The topological polar surface area (TPSA) is 87.4 Å². The van der Waals surface area contributed by atoms with Crippen LogP contribution in [0.5, 0.6) is 0 Å². The summed E-state index contributed by atoms with van der Waals surface area (Å²) in [5.74, 6) is -0.142. The van der Waals surface area contributed by atoms with E-state index in [1.54, 1.807) is 0 Å². The molecule has 0 bridgehead atoms. The van der Waals surface area contributed by atoms with Gasteiger partial charge in [0, 0.05) is 11.1 Å². The van der Waals surface area contributed by atoms with Crippen molar-refractivity contribution in [2.75, 3.05) is 5.73 Å². The number of fused-ring (bicyclic) bond motifs is 1. The van der Waals surface area contributed by atoms with Crippen molar-refractivity contribution in [3.63, 3.8) is 0 Å². The van der Waals surface area contributed by atoms with Gasteiger partial charge in [-0.25, -0.2) is 18.9 Å². The second-order valence-corrected chi connectivity index (χ2v) is 8.05. The molecule has 1 saturated heterocycles. The molecule has 10 heteroatoms. The fraction of sp³-hybridized carbons (Fsp3) is 0.476. The molecule has 2 atom stereocenters. The normalized spacial score (nSPS) is 22.2. The molecule has 7 nitrogen and oxygen atoms in total. The van der Waals surface area contributed by atoms with Gasteiger partial charge in [0.15, 0.2) is 5.65 Å². The zero-order valence-electron chi connectivity index (χ0n) is 17.3. The van der Waals surface area contributed by atoms with Gasteiger partial charge in [0.2, 0.25) is 5.95 Å². The standard InChI is InChI=1S/C21H24F3N5O2/c1-12-10-15(11-13(2)31-12)16-17(14-6-4-3-5-7-14)26-19(25)29-18(16)27-28(20(29)30)9-8-21(22,23)24/h3-7,12-13,15H,8-11H2,1-2H3,(H2,25,26). The number of nitrogen functional groups attached to an aromatic ring is 1. The molecule has 0 saturated carbocycles. The zero-order valence-corrected chi connectivity index (χ0v) is 17.3. The molecule has 1 aliphatic heterocycles. The summed E-state index contributed by atoms with van der Waals surface area (Å²) in [6, 6.07) is 9.37. The number of hydrogen-bond acceptors (Lipinski definition) is 5. The van der Waals surface area contributed by atoms with Gasteiger partial charge in [-0.05, 0) is 32.6 Å². The Morgan fingerprint density at radius 3 is 2.42 bits per heavy atom. The van der Waals surface area contributed by atoms with Crippen LogP contribution in [-0.4, -0.2) is 37.5 Å². The predicted octanol–water partition coefficient (Wildman–Crippen LogP) is 3.76. The van der Waals surface area contributed by atoms with E-state index in [1.807, 2.05) is 44.2 Å². The van der Waals surface area contributed by atoms with Crippen LogP contribution in [0.2, 0.25) is 0 Å². The summed E-state index contributed by atoms with van der Waals surface area (Å²) in [7, 11) is 0. The molecule has 1 fully saturated rings. The van der Waals surface area contributed by atoms with Gasteiger partial charge in [-0.3, -0.25) is 0 Å². The average Bonchev–Trinajstić information content (AvgIpc) is 3.02. The highest BCUT2D eigenvalue weighted by molar-refractivity contribution is 5.72. The van der Waals surface area contributed by atoms with Crippen molar-refractivity contribution in [1.29, 1.82) is 0 Å². The summed E-state index contributed by atoms with van der Waals surface area (Å²) < 4.78 is 46.0. The van der Waals surface area contributed by atoms with E-state index < -0.39 is 24.8 Å². The van der Waals surface area contributed by atoms with Gasteiger partial charge in [-0.1, -0.05) is 30.3 Å². The summed E-state index contributed by atoms with van der Waals surface area (Å²) in [6.07, 6.45) is -4.24. The Balaban J connectivity index is 1.94.